The minimum Gasteiger partial charge on any atom is -0.402 e. The van der Waals surface area contributed by atoms with E-state index < -0.39 is 19.1 Å². The first kappa shape index (κ1) is 9.06. The molecule has 0 aliphatic carbocycles. The van der Waals surface area contributed by atoms with Crippen molar-refractivity contribution in [1.29, 1.82) is 0 Å². The number of hydrogen-bond acceptors (Lipinski definition) is 3. The van der Waals surface area contributed by atoms with Crippen LogP contribution in [0.5, 0.6) is 0 Å². The Balaban J connectivity index is 3.58. The monoisotopic (exact) mass is 158 g/mol. The molecule has 0 atom stereocenters. The van der Waals surface area contributed by atoms with E-state index >= 15 is 0 Å². The number of carbonyl (C=O) groups is 1. The maximum atomic E-state index is 11.7. The van der Waals surface area contributed by atoms with E-state index in [0.717, 1.165) is 0 Å². The van der Waals surface area contributed by atoms with Gasteiger partial charge in [-0.05, 0) is 0 Å². The zero-order valence-electron chi connectivity index (χ0n) is 5.07. The molecule has 3 nitrogen and oxygen atoms in total. The Kier molecular flexibility index (Phi) is 2.98. The molecule has 0 fully saturated rings. The Morgan fingerprint density at radius 2 is 2.10 bits per heavy atom. The summed E-state index contributed by atoms with van der Waals surface area (Å²) in [4.78, 5) is 9.89. The molecule has 60 valence electrons. The molecule has 0 radical (unpaired) electrons. The molecule has 0 rings (SSSR count). The number of hydrogen-bond donors (Lipinski definition) is 0. The van der Waals surface area contributed by atoms with Gasteiger partial charge < -0.3 is 9.47 Å². The second-order valence-electron chi connectivity index (χ2n) is 1.41. The quantitative estimate of drug-likeness (QED) is 0.573. The van der Waals surface area contributed by atoms with Gasteiger partial charge in [-0.15, -0.1) is 0 Å². The van der Waals surface area contributed by atoms with E-state index in [1.54, 1.807) is 0 Å². The van der Waals surface area contributed by atoms with Gasteiger partial charge in [-0.25, -0.2) is 9.18 Å². The third-order valence-corrected chi connectivity index (χ3v) is 0.435. The number of ether oxygens (including phenoxy) is 2. The van der Waals surface area contributed by atoms with Crippen LogP contribution in [0.15, 0.2) is 0 Å². The van der Waals surface area contributed by atoms with Crippen LogP contribution in [0.2, 0.25) is 0 Å². The molecule has 0 amide bonds. The van der Waals surface area contributed by atoms with Crippen LogP contribution in [0.3, 0.4) is 0 Å². The van der Waals surface area contributed by atoms with E-state index in [9.17, 15) is 18.0 Å². The van der Waals surface area contributed by atoms with Gasteiger partial charge in [0.1, 0.15) is 0 Å². The highest BCUT2D eigenvalue weighted by molar-refractivity contribution is 5.59. The zero-order valence-corrected chi connectivity index (χ0v) is 5.07. The van der Waals surface area contributed by atoms with Gasteiger partial charge in [0, 0.05) is 6.92 Å². The van der Waals surface area contributed by atoms with Gasteiger partial charge in [0.05, 0.1) is 0 Å². The van der Waals surface area contributed by atoms with Crippen LogP contribution in [0.4, 0.5) is 18.0 Å². The predicted molar refractivity (Wildman–Crippen MR) is 24.2 cm³/mol. The van der Waals surface area contributed by atoms with Crippen LogP contribution < -0.4 is 0 Å². The first-order chi connectivity index (χ1) is 4.45. The lowest BCUT2D eigenvalue weighted by Crippen LogP contribution is -2.21. The van der Waals surface area contributed by atoms with Gasteiger partial charge in [-0.2, -0.15) is 8.78 Å². The lowest BCUT2D eigenvalue weighted by atomic mass is 10.7. The van der Waals surface area contributed by atoms with Crippen LogP contribution in [0.1, 0.15) is 6.92 Å². The summed E-state index contributed by atoms with van der Waals surface area (Å²) in [6, 6.07) is 0. The van der Waals surface area contributed by atoms with E-state index in [2.05, 4.69) is 9.47 Å². The molecule has 6 heteroatoms. The van der Waals surface area contributed by atoms with Crippen molar-refractivity contribution in [3.8, 4) is 0 Å². The summed E-state index contributed by atoms with van der Waals surface area (Å²) in [6.45, 7) is -1.14. The minimum atomic E-state index is -3.62. The van der Waals surface area contributed by atoms with Gasteiger partial charge in [-0.3, -0.25) is 0 Å². The van der Waals surface area contributed by atoms with Crippen LogP contribution in [-0.4, -0.2) is 19.1 Å². The smallest absolute Gasteiger partial charge is 0.402 e. The molecule has 0 N–H and O–H groups in total. The van der Waals surface area contributed by atoms with Crippen LogP contribution in [0, 0.1) is 0 Å². The third kappa shape index (κ3) is 5.20. The Bertz CT molecular complexity index is 119. The van der Waals surface area contributed by atoms with Gasteiger partial charge in [0.15, 0.2) is 0 Å². The predicted octanol–water partition coefficient (Wildman–Crippen LogP) is 1.68. The van der Waals surface area contributed by atoms with E-state index in [1.807, 2.05) is 0 Å². The Hall–Kier alpha value is -0.940. The number of alkyl halides is 3. The SMILES string of the molecule is CC(F)(F)OC(=O)OCF. The molecule has 10 heavy (non-hydrogen) atoms. The first-order valence-corrected chi connectivity index (χ1v) is 2.25. The topological polar surface area (TPSA) is 35.5 Å². The molecule has 0 bridgehead atoms. The molecule has 0 saturated carbocycles. The molecule has 0 unspecified atom stereocenters. The normalized spacial score (nSPS) is 10.8. The summed E-state index contributed by atoms with van der Waals surface area (Å²) in [5.41, 5.74) is 0. The van der Waals surface area contributed by atoms with Gasteiger partial charge in [-0.1, -0.05) is 0 Å². The second-order valence-corrected chi connectivity index (χ2v) is 1.41. The molecule has 0 heterocycles. The molecule has 0 aliphatic rings. The largest absolute Gasteiger partial charge is 0.515 e. The van der Waals surface area contributed by atoms with Crippen LogP contribution >= 0.6 is 0 Å². The third-order valence-electron chi connectivity index (χ3n) is 0.435. The van der Waals surface area contributed by atoms with Gasteiger partial charge in [0.2, 0.25) is 6.86 Å². The highest BCUT2D eigenvalue weighted by Gasteiger charge is 2.27. The molecular formula is C4H5F3O3. The van der Waals surface area contributed by atoms with Crippen molar-refractivity contribution in [2.75, 3.05) is 6.86 Å². The van der Waals surface area contributed by atoms with E-state index in [0.29, 0.717) is 6.92 Å². The lowest BCUT2D eigenvalue weighted by Gasteiger charge is -2.08. The highest BCUT2D eigenvalue weighted by atomic mass is 19.3. The van der Waals surface area contributed by atoms with E-state index in [4.69, 9.17) is 0 Å². The maximum Gasteiger partial charge on any atom is 0.515 e. The fourth-order valence-electron chi connectivity index (χ4n) is 0.220. The average molecular weight is 158 g/mol. The van der Waals surface area contributed by atoms with E-state index in [1.165, 1.54) is 0 Å². The summed E-state index contributed by atoms with van der Waals surface area (Å²) < 4.78 is 41.0. The van der Waals surface area contributed by atoms with Crippen LogP contribution in [0.25, 0.3) is 0 Å². The summed E-state index contributed by atoms with van der Waals surface area (Å²) in [7, 11) is 0. The molecule has 0 aromatic carbocycles. The maximum absolute atomic E-state index is 11.7. The molecule has 0 saturated heterocycles. The van der Waals surface area contributed by atoms with Gasteiger partial charge >= 0.3 is 12.3 Å². The molecule has 0 aromatic heterocycles. The van der Waals surface area contributed by atoms with Crippen molar-refractivity contribution in [2.45, 2.75) is 13.0 Å². The fourth-order valence-corrected chi connectivity index (χ4v) is 0.220. The average Bonchev–Trinajstić information content (AvgIpc) is 1.59. The van der Waals surface area contributed by atoms with E-state index in [-0.39, 0.29) is 0 Å². The summed E-state index contributed by atoms with van der Waals surface area (Å²) >= 11 is 0. The fraction of sp³-hybridized carbons (Fsp3) is 0.750. The summed E-state index contributed by atoms with van der Waals surface area (Å²) in [5.74, 6) is 0. The van der Waals surface area contributed by atoms with Crippen molar-refractivity contribution < 1.29 is 27.4 Å². The molecule has 0 spiro atoms. The van der Waals surface area contributed by atoms with Gasteiger partial charge in [0.25, 0.3) is 0 Å². The first-order valence-electron chi connectivity index (χ1n) is 2.25. The van der Waals surface area contributed by atoms with Crippen molar-refractivity contribution in [3.05, 3.63) is 0 Å². The molecular weight excluding hydrogens is 153 g/mol. The Morgan fingerprint density at radius 3 is 2.40 bits per heavy atom. The summed E-state index contributed by atoms with van der Waals surface area (Å²) in [5, 5.41) is 0. The standard InChI is InChI=1S/C4H5F3O3/c1-4(6,7)10-3(8)9-2-5/h2H2,1H3. The molecule has 0 aliphatic heterocycles. The van der Waals surface area contributed by atoms with Crippen molar-refractivity contribution in [2.24, 2.45) is 0 Å². The summed E-state index contributed by atoms with van der Waals surface area (Å²) in [6.07, 6.45) is -5.35. The number of carbonyl (C=O) groups excluding carboxylic acids is 1. The number of rotatable bonds is 2. The Labute approximate surface area is 54.7 Å². The Morgan fingerprint density at radius 1 is 1.60 bits per heavy atom. The minimum absolute atomic E-state index is 0.340. The molecule has 0 aromatic rings. The lowest BCUT2D eigenvalue weighted by molar-refractivity contribution is -0.198. The van der Waals surface area contributed by atoms with Crippen LogP contribution in [-0.2, 0) is 9.47 Å². The van der Waals surface area contributed by atoms with Crippen molar-refractivity contribution in [1.82, 2.24) is 0 Å². The highest BCUT2D eigenvalue weighted by Crippen LogP contribution is 2.13. The number of halogens is 3. The van der Waals surface area contributed by atoms with Crippen molar-refractivity contribution >= 4 is 6.16 Å². The van der Waals surface area contributed by atoms with Crippen molar-refractivity contribution in [3.63, 3.8) is 0 Å². The second kappa shape index (κ2) is 3.28. The zero-order chi connectivity index (χ0) is 8.20.